The van der Waals surface area contributed by atoms with E-state index in [-0.39, 0.29) is 23.5 Å². The topological polar surface area (TPSA) is 49.4 Å². The third-order valence-corrected chi connectivity index (χ3v) is 4.50. The zero-order valence-corrected chi connectivity index (χ0v) is 13.0. The molecule has 1 saturated heterocycles. The average Bonchev–Trinajstić information content (AvgIpc) is 2.64. The lowest BCUT2D eigenvalue weighted by Crippen LogP contribution is -2.33. The summed E-state index contributed by atoms with van der Waals surface area (Å²) in [6, 6.07) is 7.59. The second-order valence-corrected chi connectivity index (χ2v) is 6.65. The number of hydrogen-bond donors (Lipinski definition) is 1. The van der Waals surface area contributed by atoms with Crippen LogP contribution in [0.25, 0.3) is 0 Å². The molecule has 0 bridgehead atoms. The second-order valence-electron chi connectivity index (χ2n) is 4.68. The summed E-state index contributed by atoms with van der Waals surface area (Å²) >= 11 is 6.50. The highest BCUT2D eigenvalue weighted by Crippen LogP contribution is 2.26. The largest absolute Gasteiger partial charge is 0.326 e. The SMILES string of the molecule is Cc1ccc(NC(=O)CCN2C(=O)C(C)SC2=S)cc1. The van der Waals surface area contributed by atoms with Gasteiger partial charge in [0.05, 0.1) is 5.25 Å². The fraction of sp³-hybridized carbons (Fsp3) is 0.357. The summed E-state index contributed by atoms with van der Waals surface area (Å²) in [4.78, 5) is 25.2. The highest BCUT2D eigenvalue weighted by Gasteiger charge is 2.33. The van der Waals surface area contributed by atoms with Crippen LogP contribution >= 0.6 is 24.0 Å². The Hall–Kier alpha value is -1.40. The molecule has 1 heterocycles. The summed E-state index contributed by atoms with van der Waals surface area (Å²) in [5, 5.41) is 2.67. The van der Waals surface area contributed by atoms with Crippen molar-refractivity contribution in [2.24, 2.45) is 0 Å². The minimum absolute atomic E-state index is 0.0110. The van der Waals surface area contributed by atoms with E-state index in [9.17, 15) is 9.59 Å². The molecule has 6 heteroatoms. The van der Waals surface area contributed by atoms with Gasteiger partial charge < -0.3 is 5.32 Å². The molecule has 1 atom stereocenters. The number of carbonyl (C=O) groups excluding carboxylic acids is 2. The maximum Gasteiger partial charge on any atom is 0.241 e. The Kier molecular flexibility index (Phi) is 4.77. The van der Waals surface area contributed by atoms with E-state index in [0.717, 1.165) is 11.3 Å². The Morgan fingerprint density at radius 2 is 2.05 bits per heavy atom. The first-order valence-corrected chi connectivity index (χ1v) is 7.64. The molecule has 1 aliphatic heterocycles. The van der Waals surface area contributed by atoms with E-state index in [1.54, 1.807) is 0 Å². The normalized spacial score (nSPS) is 18.5. The number of aryl methyl sites for hydroxylation is 1. The van der Waals surface area contributed by atoms with E-state index in [1.165, 1.54) is 16.7 Å². The molecule has 0 saturated carbocycles. The van der Waals surface area contributed by atoms with Gasteiger partial charge in [0.2, 0.25) is 11.8 Å². The number of rotatable bonds is 4. The molecule has 0 aliphatic carbocycles. The lowest BCUT2D eigenvalue weighted by molar-refractivity contribution is -0.126. The third-order valence-electron chi connectivity index (χ3n) is 3.01. The lowest BCUT2D eigenvalue weighted by atomic mass is 10.2. The number of thiocarbonyl (C=S) groups is 1. The molecule has 1 fully saturated rings. The van der Waals surface area contributed by atoms with E-state index in [2.05, 4.69) is 5.32 Å². The van der Waals surface area contributed by atoms with Crippen molar-refractivity contribution in [2.45, 2.75) is 25.5 Å². The number of anilines is 1. The van der Waals surface area contributed by atoms with Gasteiger partial charge in [-0.2, -0.15) is 0 Å². The van der Waals surface area contributed by atoms with Gasteiger partial charge in [0.15, 0.2) is 0 Å². The molecule has 0 aromatic heterocycles. The minimum atomic E-state index is -0.136. The average molecular weight is 308 g/mol. The van der Waals surface area contributed by atoms with Crippen LogP contribution in [-0.4, -0.2) is 32.8 Å². The van der Waals surface area contributed by atoms with Crippen molar-refractivity contribution >= 4 is 45.8 Å². The highest BCUT2D eigenvalue weighted by molar-refractivity contribution is 8.24. The van der Waals surface area contributed by atoms with E-state index < -0.39 is 0 Å². The van der Waals surface area contributed by atoms with Gasteiger partial charge in [-0.1, -0.05) is 41.7 Å². The number of thioether (sulfide) groups is 1. The molecule has 1 aromatic carbocycles. The summed E-state index contributed by atoms with van der Waals surface area (Å²) in [6.07, 6.45) is 0.243. The highest BCUT2D eigenvalue weighted by atomic mass is 32.2. The Morgan fingerprint density at radius 1 is 1.40 bits per heavy atom. The summed E-state index contributed by atoms with van der Waals surface area (Å²) in [5.41, 5.74) is 1.90. The first-order valence-electron chi connectivity index (χ1n) is 6.36. The molecular weight excluding hydrogens is 292 g/mol. The van der Waals surface area contributed by atoms with Gasteiger partial charge in [-0.05, 0) is 26.0 Å². The van der Waals surface area contributed by atoms with Crippen LogP contribution in [0.2, 0.25) is 0 Å². The van der Waals surface area contributed by atoms with Crippen molar-refractivity contribution in [3.05, 3.63) is 29.8 Å². The summed E-state index contributed by atoms with van der Waals surface area (Å²) in [6.45, 7) is 4.16. The van der Waals surface area contributed by atoms with Crippen LogP contribution in [0.3, 0.4) is 0 Å². The van der Waals surface area contributed by atoms with Crippen LogP contribution in [0.5, 0.6) is 0 Å². The van der Waals surface area contributed by atoms with Gasteiger partial charge >= 0.3 is 0 Å². The van der Waals surface area contributed by atoms with E-state index in [4.69, 9.17) is 12.2 Å². The van der Waals surface area contributed by atoms with Crippen LogP contribution < -0.4 is 5.32 Å². The van der Waals surface area contributed by atoms with Crippen molar-refractivity contribution in [1.82, 2.24) is 4.90 Å². The third kappa shape index (κ3) is 3.58. The standard InChI is InChI=1S/C14H16N2O2S2/c1-9-3-5-11(6-4-9)15-12(17)7-8-16-13(18)10(2)20-14(16)19/h3-6,10H,7-8H2,1-2H3,(H,15,17). The zero-order valence-electron chi connectivity index (χ0n) is 11.4. The summed E-state index contributed by atoms with van der Waals surface area (Å²) in [5.74, 6) is -0.128. The quantitative estimate of drug-likeness (QED) is 0.869. The summed E-state index contributed by atoms with van der Waals surface area (Å²) in [7, 11) is 0. The number of amides is 2. The Bertz CT molecular complexity index is 543. The predicted molar refractivity (Wildman–Crippen MR) is 85.8 cm³/mol. The maximum atomic E-state index is 11.8. The van der Waals surface area contributed by atoms with E-state index >= 15 is 0 Å². The zero-order chi connectivity index (χ0) is 14.7. The van der Waals surface area contributed by atoms with Crippen molar-refractivity contribution in [3.63, 3.8) is 0 Å². The van der Waals surface area contributed by atoms with Crippen molar-refractivity contribution < 1.29 is 9.59 Å². The van der Waals surface area contributed by atoms with Gasteiger partial charge in [-0.3, -0.25) is 14.5 Å². The Morgan fingerprint density at radius 3 is 2.60 bits per heavy atom. The fourth-order valence-corrected chi connectivity index (χ4v) is 3.30. The van der Waals surface area contributed by atoms with Crippen LogP contribution in [-0.2, 0) is 9.59 Å². The molecule has 106 valence electrons. The van der Waals surface area contributed by atoms with Crippen LogP contribution in [0.1, 0.15) is 18.9 Å². The molecule has 20 heavy (non-hydrogen) atoms. The van der Waals surface area contributed by atoms with Crippen molar-refractivity contribution in [2.75, 3.05) is 11.9 Å². The van der Waals surface area contributed by atoms with Crippen molar-refractivity contribution in [1.29, 1.82) is 0 Å². The van der Waals surface area contributed by atoms with Gasteiger partial charge in [-0.15, -0.1) is 0 Å². The first-order chi connectivity index (χ1) is 9.47. The fourth-order valence-electron chi connectivity index (χ4n) is 1.85. The maximum absolute atomic E-state index is 11.8. The van der Waals surface area contributed by atoms with E-state index in [0.29, 0.717) is 10.9 Å². The van der Waals surface area contributed by atoms with Gasteiger partial charge in [0, 0.05) is 18.7 Å². The monoisotopic (exact) mass is 308 g/mol. The molecule has 1 unspecified atom stereocenters. The summed E-state index contributed by atoms with van der Waals surface area (Å²) < 4.78 is 0.561. The molecule has 4 nitrogen and oxygen atoms in total. The van der Waals surface area contributed by atoms with Gasteiger partial charge in [0.25, 0.3) is 0 Å². The first kappa shape index (κ1) is 15.0. The molecule has 1 aromatic rings. The Balaban J connectivity index is 1.85. The minimum Gasteiger partial charge on any atom is -0.326 e. The van der Waals surface area contributed by atoms with Crippen LogP contribution in [0.15, 0.2) is 24.3 Å². The molecule has 2 amide bonds. The number of hydrogen-bond acceptors (Lipinski definition) is 4. The molecule has 1 N–H and O–H groups in total. The Labute approximate surface area is 127 Å². The second kappa shape index (κ2) is 6.37. The van der Waals surface area contributed by atoms with Gasteiger partial charge in [0.1, 0.15) is 4.32 Å². The molecule has 1 aliphatic rings. The van der Waals surface area contributed by atoms with Crippen molar-refractivity contribution in [3.8, 4) is 0 Å². The number of benzene rings is 1. The van der Waals surface area contributed by atoms with Crippen LogP contribution in [0, 0.1) is 6.92 Å². The lowest BCUT2D eigenvalue weighted by Gasteiger charge is -2.14. The molecule has 2 rings (SSSR count). The smallest absolute Gasteiger partial charge is 0.241 e. The van der Waals surface area contributed by atoms with Gasteiger partial charge in [-0.25, -0.2) is 0 Å². The number of nitrogens with zero attached hydrogens (tertiary/aromatic N) is 1. The molecule has 0 spiro atoms. The number of carbonyl (C=O) groups is 2. The predicted octanol–water partition coefficient (Wildman–Crippen LogP) is 2.57. The number of nitrogens with one attached hydrogen (secondary N) is 1. The van der Waals surface area contributed by atoms with E-state index in [1.807, 2.05) is 38.1 Å². The molecule has 0 radical (unpaired) electrons. The van der Waals surface area contributed by atoms with Crippen LogP contribution in [0.4, 0.5) is 5.69 Å². The molecular formula is C14H16N2O2S2.